The molecule has 5 nitrogen and oxygen atoms in total. The van der Waals surface area contributed by atoms with Crippen LogP contribution >= 0.6 is 12.4 Å². The lowest BCUT2D eigenvalue weighted by Crippen LogP contribution is -1.88. The molecule has 13 heavy (non-hydrogen) atoms. The van der Waals surface area contributed by atoms with Gasteiger partial charge in [-0.15, -0.1) is 12.4 Å². The monoisotopic (exact) mass is 199 g/mol. The molecule has 2 aromatic rings. The van der Waals surface area contributed by atoms with Crippen LogP contribution in [0.4, 0.5) is 5.82 Å². The summed E-state index contributed by atoms with van der Waals surface area (Å²) in [6.45, 7) is 0. The van der Waals surface area contributed by atoms with Crippen molar-refractivity contribution >= 4 is 18.2 Å². The second-order valence-electron chi connectivity index (χ2n) is 2.60. The Balaban J connectivity index is 0.000000845. The maximum absolute atomic E-state index is 5.46. The third-order valence-electron chi connectivity index (χ3n) is 1.69. The summed E-state index contributed by atoms with van der Waals surface area (Å²) in [5.41, 5.74) is 7.32. The number of aryl methyl sites for hydroxylation is 1. The zero-order valence-corrected chi connectivity index (χ0v) is 7.88. The average molecular weight is 200 g/mol. The van der Waals surface area contributed by atoms with Gasteiger partial charge in [0.25, 0.3) is 0 Å². The van der Waals surface area contributed by atoms with Crippen LogP contribution in [0.1, 0.15) is 0 Å². The van der Waals surface area contributed by atoms with Crippen LogP contribution in [-0.4, -0.2) is 19.7 Å². The van der Waals surface area contributed by atoms with Crippen molar-refractivity contribution in [2.75, 3.05) is 5.73 Å². The number of nitrogens with one attached hydrogen (secondary N) is 1. The van der Waals surface area contributed by atoms with E-state index in [2.05, 4.69) is 15.2 Å². The molecule has 2 aromatic heterocycles. The minimum absolute atomic E-state index is 0. The largest absolute Gasteiger partial charge is 0.382 e. The summed E-state index contributed by atoms with van der Waals surface area (Å²) in [5.74, 6) is 0.492. The summed E-state index contributed by atoms with van der Waals surface area (Å²) in [6, 6.07) is 1.77. The number of anilines is 1. The Hall–Kier alpha value is -1.49. The second kappa shape index (κ2) is 3.49. The van der Waals surface area contributed by atoms with Crippen molar-refractivity contribution in [3.05, 3.63) is 18.6 Å². The highest BCUT2D eigenvalue weighted by Gasteiger charge is 2.03. The highest BCUT2D eigenvalue weighted by molar-refractivity contribution is 5.85. The van der Waals surface area contributed by atoms with Gasteiger partial charge in [0, 0.05) is 13.1 Å². The second-order valence-corrected chi connectivity index (χ2v) is 2.60. The Morgan fingerprint density at radius 3 is 2.77 bits per heavy atom. The zero-order valence-electron chi connectivity index (χ0n) is 7.06. The number of rotatable bonds is 1. The number of nitrogens with two attached hydrogens (primary N) is 1. The third-order valence-corrected chi connectivity index (χ3v) is 1.69. The van der Waals surface area contributed by atoms with Gasteiger partial charge in [-0.3, -0.25) is 5.10 Å². The lowest BCUT2D eigenvalue weighted by Gasteiger charge is -1.95. The van der Waals surface area contributed by atoms with Crippen LogP contribution < -0.4 is 5.73 Å². The molecule has 3 N–H and O–H groups in total. The van der Waals surface area contributed by atoms with Gasteiger partial charge in [0.1, 0.15) is 5.82 Å². The van der Waals surface area contributed by atoms with Crippen LogP contribution in [-0.2, 0) is 7.05 Å². The van der Waals surface area contributed by atoms with Gasteiger partial charge in [0.05, 0.1) is 23.9 Å². The van der Waals surface area contributed by atoms with Crippen LogP contribution in [0.25, 0.3) is 11.4 Å². The summed E-state index contributed by atoms with van der Waals surface area (Å²) in [7, 11) is 1.92. The average Bonchev–Trinajstić information content (AvgIpc) is 2.58. The zero-order chi connectivity index (χ0) is 8.55. The van der Waals surface area contributed by atoms with Crippen molar-refractivity contribution in [1.82, 2.24) is 19.7 Å². The summed E-state index contributed by atoms with van der Waals surface area (Å²) in [5, 5.41) is 6.64. The molecule has 0 aliphatic carbocycles. The van der Waals surface area contributed by atoms with Crippen LogP contribution in [0.15, 0.2) is 18.6 Å². The fourth-order valence-corrected chi connectivity index (χ4v) is 1.09. The Kier molecular flexibility index (Phi) is 2.57. The number of aromatic amines is 1. The molecular formula is C7H10ClN5. The van der Waals surface area contributed by atoms with Gasteiger partial charge in [-0.2, -0.15) is 5.10 Å². The molecule has 2 heterocycles. The first-order valence-corrected chi connectivity index (χ1v) is 3.55. The molecule has 0 aliphatic heterocycles. The smallest absolute Gasteiger partial charge is 0.145 e. The van der Waals surface area contributed by atoms with Crippen molar-refractivity contribution in [3.8, 4) is 11.4 Å². The molecular weight excluding hydrogens is 190 g/mol. The molecule has 0 aliphatic rings. The van der Waals surface area contributed by atoms with E-state index < -0.39 is 0 Å². The van der Waals surface area contributed by atoms with Gasteiger partial charge in [0.15, 0.2) is 0 Å². The van der Waals surface area contributed by atoms with E-state index in [0.29, 0.717) is 5.82 Å². The molecule has 6 heteroatoms. The number of nitrogen functional groups attached to an aromatic ring is 1. The molecule has 0 unspecified atom stereocenters. The molecule has 0 radical (unpaired) electrons. The first-order chi connectivity index (χ1) is 5.77. The highest BCUT2D eigenvalue weighted by Crippen LogP contribution is 2.16. The Bertz CT molecular complexity index is 391. The van der Waals surface area contributed by atoms with E-state index in [1.807, 2.05) is 11.6 Å². The summed E-state index contributed by atoms with van der Waals surface area (Å²) >= 11 is 0. The molecule has 0 saturated heterocycles. The van der Waals surface area contributed by atoms with Crippen LogP contribution in [0.2, 0.25) is 0 Å². The molecule has 70 valence electrons. The molecule has 0 atom stereocenters. The number of aromatic nitrogens is 4. The number of nitrogens with zero attached hydrogens (tertiary/aromatic N) is 3. The van der Waals surface area contributed by atoms with E-state index in [9.17, 15) is 0 Å². The maximum Gasteiger partial charge on any atom is 0.145 e. The Morgan fingerprint density at radius 1 is 1.54 bits per heavy atom. The summed E-state index contributed by atoms with van der Waals surface area (Å²) in [4.78, 5) is 3.98. The fourth-order valence-electron chi connectivity index (χ4n) is 1.09. The van der Waals surface area contributed by atoms with E-state index in [1.165, 1.54) is 0 Å². The van der Waals surface area contributed by atoms with Gasteiger partial charge < -0.3 is 10.3 Å². The lowest BCUT2D eigenvalue weighted by atomic mass is 10.3. The van der Waals surface area contributed by atoms with Crippen molar-refractivity contribution in [1.29, 1.82) is 0 Å². The van der Waals surface area contributed by atoms with Gasteiger partial charge in [-0.25, -0.2) is 4.98 Å². The summed E-state index contributed by atoms with van der Waals surface area (Å²) in [6.07, 6.45) is 3.49. The van der Waals surface area contributed by atoms with E-state index in [1.54, 1.807) is 18.6 Å². The van der Waals surface area contributed by atoms with Crippen LogP contribution in [0, 0.1) is 0 Å². The molecule has 0 fully saturated rings. The van der Waals surface area contributed by atoms with Gasteiger partial charge in [0.2, 0.25) is 0 Å². The fraction of sp³-hybridized carbons (Fsp3) is 0.143. The molecule has 0 saturated carbocycles. The molecule has 0 spiro atoms. The minimum atomic E-state index is 0. The molecule has 0 amide bonds. The van der Waals surface area contributed by atoms with E-state index in [4.69, 9.17) is 5.73 Å². The van der Waals surface area contributed by atoms with E-state index in [0.717, 1.165) is 11.4 Å². The predicted molar refractivity (Wildman–Crippen MR) is 52.5 cm³/mol. The van der Waals surface area contributed by atoms with E-state index >= 15 is 0 Å². The first-order valence-electron chi connectivity index (χ1n) is 3.55. The standard InChI is InChI=1S/C7H9N5.ClH/c1-12-4-9-3-6(12)5-2-7(8)11-10-5;/h2-4H,1H3,(H3,8,10,11);1H. The Morgan fingerprint density at radius 2 is 2.31 bits per heavy atom. The van der Waals surface area contributed by atoms with E-state index in [-0.39, 0.29) is 12.4 Å². The first kappa shape index (κ1) is 9.60. The van der Waals surface area contributed by atoms with Crippen LogP contribution in [0.3, 0.4) is 0 Å². The van der Waals surface area contributed by atoms with Crippen molar-refractivity contribution in [2.24, 2.45) is 7.05 Å². The SMILES string of the molecule is Cl.Cn1cncc1-c1cc(N)n[nH]1. The normalized spacial score (nSPS) is 9.62. The van der Waals surface area contributed by atoms with Crippen LogP contribution in [0.5, 0.6) is 0 Å². The summed E-state index contributed by atoms with van der Waals surface area (Å²) < 4.78 is 1.90. The van der Waals surface area contributed by atoms with Crippen molar-refractivity contribution in [3.63, 3.8) is 0 Å². The number of halogens is 1. The quantitative estimate of drug-likeness (QED) is 0.714. The molecule has 0 bridgehead atoms. The van der Waals surface area contributed by atoms with Gasteiger partial charge >= 0.3 is 0 Å². The number of imidazole rings is 1. The number of hydrogen-bond donors (Lipinski definition) is 2. The van der Waals surface area contributed by atoms with Gasteiger partial charge in [-0.05, 0) is 0 Å². The third kappa shape index (κ3) is 1.65. The topological polar surface area (TPSA) is 72.5 Å². The molecule has 2 rings (SSSR count). The minimum Gasteiger partial charge on any atom is -0.382 e. The maximum atomic E-state index is 5.46. The number of hydrogen-bond acceptors (Lipinski definition) is 3. The molecule has 0 aromatic carbocycles. The van der Waals surface area contributed by atoms with Crippen molar-refractivity contribution < 1.29 is 0 Å². The van der Waals surface area contributed by atoms with Crippen molar-refractivity contribution in [2.45, 2.75) is 0 Å². The van der Waals surface area contributed by atoms with Gasteiger partial charge in [-0.1, -0.05) is 0 Å². The number of H-pyrrole nitrogens is 1. The highest BCUT2D eigenvalue weighted by atomic mass is 35.5. The lowest BCUT2D eigenvalue weighted by molar-refractivity contribution is 0.913. The predicted octanol–water partition coefficient (Wildman–Crippen LogP) is 0.814. The Labute approximate surface area is 81.4 Å².